The van der Waals surface area contributed by atoms with Crippen molar-refractivity contribution in [2.45, 2.75) is 40.5 Å². The fourth-order valence-electron chi connectivity index (χ4n) is 1.19. The molecule has 0 radical (unpaired) electrons. The summed E-state index contributed by atoms with van der Waals surface area (Å²) in [5.74, 6) is 0.223. The topological polar surface area (TPSA) is 49.3 Å². The molecule has 0 saturated heterocycles. The maximum Gasteiger partial charge on any atom is 0.223 e. The molecule has 2 N–H and O–H groups in total. The Morgan fingerprint density at radius 2 is 1.86 bits per heavy atom. The Bertz CT molecular complexity index is 174. The average molecular weight is 201 g/mol. The van der Waals surface area contributed by atoms with Crippen LogP contribution in [0, 0.1) is 11.3 Å². The molecule has 3 heteroatoms. The minimum atomic E-state index is -0.221. The lowest BCUT2D eigenvalue weighted by Gasteiger charge is -2.23. The van der Waals surface area contributed by atoms with Gasteiger partial charge in [0.2, 0.25) is 5.91 Å². The lowest BCUT2D eigenvalue weighted by molar-refractivity contribution is -0.125. The summed E-state index contributed by atoms with van der Waals surface area (Å²) >= 11 is 0. The number of hydrogen-bond acceptors (Lipinski definition) is 2. The van der Waals surface area contributed by atoms with Gasteiger partial charge in [0.1, 0.15) is 0 Å². The minimum Gasteiger partial charge on any atom is -0.396 e. The van der Waals surface area contributed by atoms with Gasteiger partial charge in [0.05, 0.1) is 0 Å². The molecule has 0 aliphatic heterocycles. The Hall–Kier alpha value is -0.570. The molecule has 0 unspecified atom stereocenters. The smallest absolute Gasteiger partial charge is 0.223 e. The van der Waals surface area contributed by atoms with Crippen LogP contribution in [0.2, 0.25) is 0 Å². The van der Waals surface area contributed by atoms with Crippen LogP contribution in [0.5, 0.6) is 0 Å². The van der Waals surface area contributed by atoms with E-state index >= 15 is 0 Å². The SMILES string of the molecule is CCC(CC)C(=O)NCC(C)(C)CO. The summed E-state index contributed by atoms with van der Waals surface area (Å²) in [5, 5.41) is 11.9. The number of rotatable bonds is 6. The number of carbonyl (C=O) groups excluding carboxylic acids is 1. The third kappa shape index (κ3) is 4.61. The summed E-state index contributed by atoms with van der Waals surface area (Å²) in [6, 6.07) is 0. The summed E-state index contributed by atoms with van der Waals surface area (Å²) in [6.07, 6.45) is 1.75. The van der Waals surface area contributed by atoms with Crippen molar-refractivity contribution >= 4 is 5.91 Å². The summed E-state index contributed by atoms with van der Waals surface area (Å²) in [5.41, 5.74) is -0.221. The van der Waals surface area contributed by atoms with Crippen LogP contribution in [-0.2, 0) is 4.79 Å². The van der Waals surface area contributed by atoms with E-state index in [9.17, 15) is 4.79 Å². The Morgan fingerprint density at radius 1 is 1.36 bits per heavy atom. The molecule has 0 aliphatic rings. The van der Waals surface area contributed by atoms with Gasteiger partial charge in [-0.3, -0.25) is 4.79 Å². The number of hydrogen-bond donors (Lipinski definition) is 2. The van der Waals surface area contributed by atoms with Crippen LogP contribution in [0.4, 0.5) is 0 Å². The molecule has 0 aliphatic carbocycles. The molecule has 0 aromatic heterocycles. The molecule has 84 valence electrons. The van der Waals surface area contributed by atoms with Crippen LogP contribution in [0.1, 0.15) is 40.5 Å². The first-order valence-corrected chi connectivity index (χ1v) is 5.35. The second-order valence-electron chi connectivity index (χ2n) is 4.55. The van der Waals surface area contributed by atoms with E-state index in [4.69, 9.17) is 5.11 Å². The van der Waals surface area contributed by atoms with Crippen molar-refractivity contribution in [1.29, 1.82) is 0 Å². The van der Waals surface area contributed by atoms with E-state index in [1.54, 1.807) is 0 Å². The van der Waals surface area contributed by atoms with Crippen molar-refractivity contribution in [3.05, 3.63) is 0 Å². The molecule has 0 bridgehead atoms. The predicted octanol–water partition coefficient (Wildman–Crippen LogP) is 1.56. The van der Waals surface area contributed by atoms with Gasteiger partial charge in [-0.25, -0.2) is 0 Å². The summed E-state index contributed by atoms with van der Waals surface area (Å²) in [6.45, 7) is 8.53. The van der Waals surface area contributed by atoms with E-state index in [0.717, 1.165) is 12.8 Å². The minimum absolute atomic E-state index is 0.0934. The van der Waals surface area contributed by atoms with E-state index < -0.39 is 0 Å². The lowest BCUT2D eigenvalue weighted by Crippen LogP contribution is -2.38. The van der Waals surface area contributed by atoms with Crippen LogP contribution in [0.3, 0.4) is 0 Å². The highest BCUT2D eigenvalue weighted by molar-refractivity contribution is 5.78. The molecule has 0 heterocycles. The number of amides is 1. The standard InChI is InChI=1S/C11H23NO2/c1-5-9(6-2)10(14)12-7-11(3,4)8-13/h9,13H,5-8H2,1-4H3,(H,12,14). The molecule has 1 amide bonds. The van der Waals surface area contributed by atoms with Gasteiger partial charge in [-0.15, -0.1) is 0 Å². The van der Waals surface area contributed by atoms with Gasteiger partial charge in [0, 0.05) is 24.5 Å². The van der Waals surface area contributed by atoms with Gasteiger partial charge < -0.3 is 10.4 Å². The first-order chi connectivity index (χ1) is 6.46. The average Bonchev–Trinajstić information content (AvgIpc) is 2.17. The van der Waals surface area contributed by atoms with Gasteiger partial charge in [-0.1, -0.05) is 27.7 Å². The molecule has 0 aromatic rings. The first kappa shape index (κ1) is 13.4. The Kier molecular flexibility index (Phi) is 5.77. The lowest BCUT2D eigenvalue weighted by atomic mass is 9.94. The van der Waals surface area contributed by atoms with Gasteiger partial charge in [0.25, 0.3) is 0 Å². The van der Waals surface area contributed by atoms with Crippen molar-refractivity contribution in [2.24, 2.45) is 11.3 Å². The van der Waals surface area contributed by atoms with Crippen LogP contribution in [0.25, 0.3) is 0 Å². The van der Waals surface area contributed by atoms with Gasteiger partial charge in [0.15, 0.2) is 0 Å². The highest BCUT2D eigenvalue weighted by atomic mass is 16.3. The van der Waals surface area contributed by atoms with E-state index in [1.165, 1.54) is 0 Å². The molecular weight excluding hydrogens is 178 g/mol. The van der Waals surface area contributed by atoms with Crippen molar-refractivity contribution in [3.63, 3.8) is 0 Å². The number of carbonyl (C=O) groups is 1. The molecule has 14 heavy (non-hydrogen) atoms. The van der Waals surface area contributed by atoms with Crippen molar-refractivity contribution < 1.29 is 9.90 Å². The largest absolute Gasteiger partial charge is 0.396 e. The van der Waals surface area contributed by atoms with Crippen molar-refractivity contribution in [3.8, 4) is 0 Å². The molecule has 0 saturated carbocycles. The number of nitrogens with one attached hydrogen (secondary N) is 1. The second kappa shape index (κ2) is 6.02. The molecule has 0 aromatic carbocycles. The normalized spacial score (nSPS) is 11.9. The van der Waals surface area contributed by atoms with Crippen LogP contribution in [0.15, 0.2) is 0 Å². The van der Waals surface area contributed by atoms with Gasteiger partial charge in [-0.05, 0) is 12.8 Å². The van der Waals surface area contributed by atoms with Crippen LogP contribution in [-0.4, -0.2) is 24.2 Å². The monoisotopic (exact) mass is 201 g/mol. The van der Waals surface area contributed by atoms with E-state index in [-0.39, 0.29) is 23.8 Å². The highest BCUT2D eigenvalue weighted by Gasteiger charge is 2.20. The molecule has 0 fully saturated rings. The maximum absolute atomic E-state index is 11.6. The molecule has 0 rings (SSSR count). The Morgan fingerprint density at radius 3 is 2.21 bits per heavy atom. The van der Waals surface area contributed by atoms with Crippen molar-refractivity contribution in [2.75, 3.05) is 13.2 Å². The third-order valence-electron chi connectivity index (χ3n) is 2.53. The zero-order valence-corrected chi connectivity index (χ0v) is 9.76. The highest BCUT2D eigenvalue weighted by Crippen LogP contribution is 2.13. The molecule has 0 atom stereocenters. The fraction of sp³-hybridized carbons (Fsp3) is 0.909. The molecule has 0 spiro atoms. The summed E-state index contributed by atoms with van der Waals surface area (Å²) in [4.78, 5) is 11.6. The quantitative estimate of drug-likeness (QED) is 0.685. The second-order valence-corrected chi connectivity index (χ2v) is 4.55. The predicted molar refractivity (Wildman–Crippen MR) is 57.9 cm³/mol. The fourth-order valence-corrected chi connectivity index (χ4v) is 1.19. The van der Waals surface area contributed by atoms with Gasteiger partial charge in [-0.2, -0.15) is 0 Å². The zero-order chi connectivity index (χ0) is 11.2. The number of aliphatic hydroxyl groups is 1. The van der Waals surface area contributed by atoms with E-state index in [1.807, 2.05) is 27.7 Å². The summed E-state index contributed by atoms with van der Waals surface area (Å²) < 4.78 is 0. The van der Waals surface area contributed by atoms with E-state index in [0.29, 0.717) is 6.54 Å². The third-order valence-corrected chi connectivity index (χ3v) is 2.53. The van der Waals surface area contributed by atoms with E-state index in [2.05, 4.69) is 5.32 Å². The first-order valence-electron chi connectivity index (χ1n) is 5.35. The number of aliphatic hydroxyl groups excluding tert-OH is 1. The maximum atomic E-state index is 11.6. The van der Waals surface area contributed by atoms with Crippen LogP contribution < -0.4 is 5.32 Å². The molecule has 3 nitrogen and oxygen atoms in total. The summed E-state index contributed by atoms with van der Waals surface area (Å²) in [7, 11) is 0. The van der Waals surface area contributed by atoms with Gasteiger partial charge >= 0.3 is 0 Å². The Labute approximate surface area is 86.9 Å². The molecular formula is C11H23NO2. The Balaban J connectivity index is 3.95. The zero-order valence-electron chi connectivity index (χ0n) is 9.76. The van der Waals surface area contributed by atoms with Crippen LogP contribution >= 0.6 is 0 Å². The van der Waals surface area contributed by atoms with Crippen molar-refractivity contribution in [1.82, 2.24) is 5.32 Å².